The molecule has 0 amide bonds. The van der Waals surface area contributed by atoms with Gasteiger partial charge in [-0.15, -0.1) is 0 Å². The minimum absolute atomic E-state index is 0.0215. The van der Waals surface area contributed by atoms with E-state index in [4.69, 9.17) is 9.47 Å². The van der Waals surface area contributed by atoms with Crippen molar-refractivity contribution in [1.82, 2.24) is 0 Å². The fraction of sp³-hybridized carbons (Fsp3) is 0.278. The fourth-order valence-electron chi connectivity index (χ4n) is 2.31. The summed E-state index contributed by atoms with van der Waals surface area (Å²) in [4.78, 5) is 12.9. The molecule has 0 unspecified atom stereocenters. The zero-order valence-corrected chi connectivity index (χ0v) is 12.8. The van der Waals surface area contributed by atoms with Crippen LogP contribution in [0.4, 0.5) is 0 Å². The van der Waals surface area contributed by atoms with Gasteiger partial charge in [-0.3, -0.25) is 4.79 Å². The minimum Gasteiger partial charge on any atom is -0.497 e. The standard InChI is InChI=1S/C18H20O3/c1-18(2,13-8-6-5-7-9-13)17(19)15-11-10-14(20-3)12-16(15)21-4/h5-12H,1-4H3. The van der Waals surface area contributed by atoms with Gasteiger partial charge in [-0.1, -0.05) is 30.3 Å². The van der Waals surface area contributed by atoms with Gasteiger partial charge in [0.25, 0.3) is 0 Å². The molecule has 0 saturated heterocycles. The second-order valence-electron chi connectivity index (χ2n) is 5.39. The van der Waals surface area contributed by atoms with Gasteiger partial charge >= 0.3 is 0 Å². The van der Waals surface area contributed by atoms with Crippen LogP contribution >= 0.6 is 0 Å². The van der Waals surface area contributed by atoms with E-state index in [1.807, 2.05) is 44.2 Å². The van der Waals surface area contributed by atoms with E-state index in [0.29, 0.717) is 17.1 Å². The maximum Gasteiger partial charge on any atom is 0.176 e. The van der Waals surface area contributed by atoms with Crippen LogP contribution in [0, 0.1) is 0 Å². The second-order valence-corrected chi connectivity index (χ2v) is 5.39. The highest BCUT2D eigenvalue weighted by Gasteiger charge is 2.32. The normalized spacial score (nSPS) is 11.0. The van der Waals surface area contributed by atoms with Crippen molar-refractivity contribution < 1.29 is 14.3 Å². The predicted molar refractivity (Wildman–Crippen MR) is 83.3 cm³/mol. The van der Waals surface area contributed by atoms with E-state index in [1.165, 1.54) is 0 Å². The van der Waals surface area contributed by atoms with Crippen molar-refractivity contribution in [2.75, 3.05) is 14.2 Å². The number of Topliss-reactive ketones (excluding diaryl/α,β-unsaturated/α-hetero) is 1. The molecule has 2 aromatic carbocycles. The zero-order valence-electron chi connectivity index (χ0n) is 12.8. The molecule has 110 valence electrons. The number of rotatable bonds is 5. The monoisotopic (exact) mass is 284 g/mol. The summed E-state index contributed by atoms with van der Waals surface area (Å²) in [6.45, 7) is 3.85. The Balaban J connectivity index is 2.44. The Morgan fingerprint density at radius 2 is 1.62 bits per heavy atom. The molecule has 0 aliphatic rings. The number of carbonyl (C=O) groups is 1. The summed E-state index contributed by atoms with van der Waals surface area (Å²) in [6.07, 6.45) is 0. The summed E-state index contributed by atoms with van der Waals surface area (Å²) in [5, 5.41) is 0. The zero-order chi connectivity index (χ0) is 15.5. The third kappa shape index (κ3) is 2.92. The maximum absolute atomic E-state index is 12.9. The summed E-state index contributed by atoms with van der Waals surface area (Å²) in [7, 11) is 3.14. The van der Waals surface area contributed by atoms with Crippen LogP contribution in [0.2, 0.25) is 0 Å². The van der Waals surface area contributed by atoms with E-state index in [2.05, 4.69) is 0 Å². The van der Waals surface area contributed by atoms with Crippen molar-refractivity contribution in [3.8, 4) is 11.5 Å². The van der Waals surface area contributed by atoms with Crippen LogP contribution in [-0.4, -0.2) is 20.0 Å². The van der Waals surface area contributed by atoms with Crippen molar-refractivity contribution in [3.63, 3.8) is 0 Å². The van der Waals surface area contributed by atoms with E-state index in [9.17, 15) is 4.79 Å². The molecule has 0 atom stereocenters. The highest BCUT2D eigenvalue weighted by atomic mass is 16.5. The highest BCUT2D eigenvalue weighted by molar-refractivity contribution is 6.05. The Morgan fingerprint density at radius 3 is 2.19 bits per heavy atom. The van der Waals surface area contributed by atoms with Crippen LogP contribution in [0.3, 0.4) is 0 Å². The first-order chi connectivity index (χ1) is 10.0. The van der Waals surface area contributed by atoms with Crippen molar-refractivity contribution >= 4 is 5.78 Å². The lowest BCUT2D eigenvalue weighted by molar-refractivity contribution is 0.0905. The molecule has 0 fully saturated rings. The topological polar surface area (TPSA) is 35.5 Å². The Hall–Kier alpha value is -2.29. The van der Waals surface area contributed by atoms with Crippen LogP contribution in [-0.2, 0) is 5.41 Å². The number of benzene rings is 2. The van der Waals surface area contributed by atoms with Gasteiger partial charge in [0.05, 0.1) is 25.2 Å². The molecule has 0 aliphatic carbocycles. The number of ether oxygens (including phenoxy) is 2. The Labute approximate surface area is 125 Å². The van der Waals surface area contributed by atoms with Gasteiger partial charge in [0, 0.05) is 6.07 Å². The van der Waals surface area contributed by atoms with Crippen LogP contribution in [0.1, 0.15) is 29.8 Å². The average molecular weight is 284 g/mol. The van der Waals surface area contributed by atoms with Crippen LogP contribution in [0.5, 0.6) is 11.5 Å². The molecule has 0 aromatic heterocycles. The van der Waals surface area contributed by atoms with Gasteiger partial charge in [0.1, 0.15) is 11.5 Å². The molecule has 2 aromatic rings. The third-order valence-corrected chi connectivity index (χ3v) is 3.72. The van der Waals surface area contributed by atoms with Gasteiger partial charge in [0.2, 0.25) is 0 Å². The van der Waals surface area contributed by atoms with E-state index >= 15 is 0 Å². The Bertz CT molecular complexity index is 630. The molecule has 3 nitrogen and oxygen atoms in total. The molecule has 0 heterocycles. The molecule has 0 spiro atoms. The highest BCUT2D eigenvalue weighted by Crippen LogP contribution is 2.33. The minimum atomic E-state index is -0.622. The van der Waals surface area contributed by atoms with E-state index in [-0.39, 0.29) is 5.78 Å². The number of hydrogen-bond donors (Lipinski definition) is 0. The summed E-state index contributed by atoms with van der Waals surface area (Å²) >= 11 is 0. The van der Waals surface area contributed by atoms with Gasteiger partial charge in [-0.05, 0) is 31.5 Å². The molecule has 21 heavy (non-hydrogen) atoms. The lowest BCUT2D eigenvalue weighted by Gasteiger charge is -2.24. The first-order valence-electron chi connectivity index (χ1n) is 6.83. The molecule has 0 aliphatic heterocycles. The summed E-state index contributed by atoms with van der Waals surface area (Å²) in [5.41, 5.74) is 0.920. The summed E-state index contributed by atoms with van der Waals surface area (Å²) < 4.78 is 10.5. The summed E-state index contributed by atoms with van der Waals surface area (Å²) in [5.74, 6) is 1.22. The number of methoxy groups -OCH3 is 2. The van der Waals surface area contributed by atoms with Crippen molar-refractivity contribution in [2.45, 2.75) is 19.3 Å². The Kier molecular flexibility index (Phi) is 4.32. The molecule has 3 heteroatoms. The van der Waals surface area contributed by atoms with E-state index < -0.39 is 5.41 Å². The molecule has 0 N–H and O–H groups in total. The molecular formula is C18H20O3. The predicted octanol–water partition coefficient (Wildman–Crippen LogP) is 3.86. The quantitative estimate of drug-likeness (QED) is 0.782. The lowest BCUT2D eigenvalue weighted by Crippen LogP contribution is -2.29. The Morgan fingerprint density at radius 1 is 0.952 bits per heavy atom. The summed E-state index contributed by atoms with van der Waals surface area (Å²) in [6, 6.07) is 15.0. The first-order valence-corrected chi connectivity index (χ1v) is 6.83. The van der Waals surface area contributed by atoms with Crippen molar-refractivity contribution in [2.24, 2.45) is 0 Å². The third-order valence-electron chi connectivity index (χ3n) is 3.72. The first kappa shape index (κ1) is 15.1. The van der Waals surface area contributed by atoms with Crippen LogP contribution in [0.25, 0.3) is 0 Å². The molecular weight excluding hydrogens is 264 g/mol. The van der Waals surface area contributed by atoms with Crippen LogP contribution < -0.4 is 9.47 Å². The second kappa shape index (κ2) is 6.00. The molecule has 0 saturated carbocycles. The van der Waals surface area contributed by atoms with E-state index in [1.54, 1.807) is 32.4 Å². The van der Waals surface area contributed by atoms with Crippen molar-refractivity contribution in [1.29, 1.82) is 0 Å². The van der Waals surface area contributed by atoms with Crippen molar-refractivity contribution in [3.05, 3.63) is 59.7 Å². The van der Waals surface area contributed by atoms with Crippen LogP contribution in [0.15, 0.2) is 48.5 Å². The number of hydrogen-bond acceptors (Lipinski definition) is 3. The van der Waals surface area contributed by atoms with Gasteiger partial charge < -0.3 is 9.47 Å². The van der Waals surface area contributed by atoms with Gasteiger partial charge in [0.15, 0.2) is 5.78 Å². The molecule has 0 radical (unpaired) electrons. The average Bonchev–Trinajstić information content (AvgIpc) is 2.54. The van der Waals surface area contributed by atoms with Gasteiger partial charge in [-0.2, -0.15) is 0 Å². The fourth-order valence-corrected chi connectivity index (χ4v) is 2.31. The number of carbonyl (C=O) groups excluding carboxylic acids is 1. The van der Waals surface area contributed by atoms with Gasteiger partial charge in [-0.25, -0.2) is 0 Å². The molecule has 2 rings (SSSR count). The number of ketones is 1. The largest absolute Gasteiger partial charge is 0.497 e. The maximum atomic E-state index is 12.9. The SMILES string of the molecule is COc1ccc(C(=O)C(C)(C)c2ccccc2)c(OC)c1. The molecule has 0 bridgehead atoms. The smallest absolute Gasteiger partial charge is 0.176 e. The lowest BCUT2D eigenvalue weighted by atomic mass is 9.78. The van der Waals surface area contributed by atoms with E-state index in [0.717, 1.165) is 5.56 Å².